The minimum atomic E-state index is -3.36. The summed E-state index contributed by atoms with van der Waals surface area (Å²) >= 11 is 4.61. The number of hydrogen-bond donors (Lipinski definition) is 1. The fourth-order valence-electron chi connectivity index (χ4n) is 1.54. The van der Waals surface area contributed by atoms with E-state index in [0.29, 0.717) is 4.21 Å². The van der Waals surface area contributed by atoms with E-state index >= 15 is 0 Å². The molecule has 1 aromatic rings. The highest BCUT2D eigenvalue weighted by Gasteiger charge is 2.21. The van der Waals surface area contributed by atoms with Crippen molar-refractivity contribution in [3.8, 4) is 0 Å². The van der Waals surface area contributed by atoms with E-state index < -0.39 is 10.0 Å². The summed E-state index contributed by atoms with van der Waals surface area (Å²) in [6, 6.07) is 1.74. The summed E-state index contributed by atoms with van der Waals surface area (Å²) in [6.07, 6.45) is 2.67. The van der Waals surface area contributed by atoms with E-state index in [1.807, 2.05) is 13.8 Å². The van der Waals surface area contributed by atoms with Crippen LogP contribution in [0.15, 0.2) is 14.1 Å². The van der Waals surface area contributed by atoms with Crippen LogP contribution in [-0.2, 0) is 10.0 Å². The lowest BCUT2D eigenvalue weighted by molar-refractivity contribution is 0.513. The molecule has 0 bridgehead atoms. The Morgan fingerprint density at radius 2 is 2.12 bits per heavy atom. The van der Waals surface area contributed by atoms with Crippen LogP contribution >= 0.6 is 27.3 Å². The van der Waals surface area contributed by atoms with Crippen molar-refractivity contribution >= 4 is 37.3 Å². The minimum absolute atomic E-state index is 0.0335. The Kier molecular flexibility index (Phi) is 5.63. The van der Waals surface area contributed by atoms with Crippen LogP contribution in [0.5, 0.6) is 0 Å². The van der Waals surface area contributed by atoms with E-state index in [2.05, 4.69) is 27.6 Å². The average Bonchev–Trinajstić information content (AvgIpc) is 2.59. The number of thiophene rings is 1. The summed E-state index contributed by atoms with van der Waals surface area (Å²) in [5.74, 6) is 0. The topological polar surface area (TPSA) is 46.2 Å². The van der Waals surface area contributed by atoms with Gasteiger partial charge in [-0.3, -0.25) is 0 Å². The van der Waals surface area contributed by atoms with Gasteiger partial charge in [0.25, 0.3) is 0 Å². The fraction of sp³-hybridized carbons (Fsp3) is 0.636. The van der Waals surface area contributed by atoms with E-state index in [0.717, 1.165) is 28.6 Å². The zero-order valence-electron chi connectivity index (χ0n) is 10.3. The van der Waals surface area contributed by atoms with Gasteiger partial charge in [0.1, 0.15) is 4.21 Å². The Balaban J connectivity index is 2.88. The SMILES string of the molecule is CCCC(CC)NS(=O)(=O)c1cc(C)c(Br)s1. The number of halogens is 1. The number of aryl methyl sites for hydroxylation is 1. The molecule has 98 valence electrons. The predicted octanol–water partition coefficient (Wildman–Crippen LogP) is 3.68. The Labute approximate surface area is 116 Å². The molecular weight excluding hydrogens is 322 g/mol. The number of sulfonamides is 1. The molecule has 0 aliphatic heterocycles. The summed E-state index contributed by atoms with van der Waals surface area (Å²) in [5.41, 5.74) is 0.957. The van der Waals surface area contributed by atoms with Gasteiger partial charge in [0.2, 0.25) is 10.0 Å². The first kappa shape index (κ1) is 15.1. The molecule has 0 aromatic carbocycles. The molecule has 0 radical (unpaired) electrons. The zero-order chi connectivity index (χ0) is 13.1. The van der Waals surface area contributed by atoms with Gasteiger partial charge >= 0.3 is 0 Å². The summed E-state index contributed by atoms with van der Waals surface area (Å²) in [5, 5.41) is 0. The van der Waals surface area contributed by atoms with Crippen LogP contribution < -0.4 is 4.72 Å². The maximum atomic E-state index is 12.1. The fourth-order valence-corrected chi connectivity index (χ4v) is 5.13. The maximum absolute atomic E-state index is 12.1. The van der Waals surface area contributed by atoms with E-state index in [1.54, 1.807) is 6.07 Å². The molecule has 1 heterocycles. The third-order valence-electron chi connectivity index (χ3n) is 2.55. The van der Waals surface area contributed by atoms with Crippen LogP contribution in [0.4, 0.5) is 0 Å². The molecule has 1 N–H and O–H groups in total. The first-order valence-electron chi connectivity index (χ1n) is 5.69. The third-order valence-corrected chi connectivity index (χ3v) is 6.68. The van der Waals surface area contributed by atoms with Gasteiger partial charge in [-0.1, -0.05) is 20.3 Å². The normalized spacial score (nSPS) is 13.9. The summed E-state index contributed by atoms with van der Waals surface area (Å²) in [6.45, 7) is 5.95. The highest BCUT2D eigenvalue weighted by atomic mass is 79.9. The third kappa shape index (κ3) is 4.05. The van der Waals surface area contributed by atoms with Crippen LogP contribution in [0, 0.1) is 6.92 Å². The molecule has 1 unspecified atom stereocenters. The molecular formula is C11H18BrNO2S2. The van der Waals surface area contributed by atoms with Crippen molar-refractivity contribution < 1.29 is 8.42 Å². The van der Waals surface area contributed by atoms with E-state index in [4.69, 9.17) is 0 Å². The second-order valence-electron chi connectivity index (χ2n) is 4.04. The molecule has 0 aliphatic rings. The van der Waals surface area contributed by atoms with Crippen molar-refractivity contribution in [2.24, 2.45) is 0 Å². The molecule has 0 saturated carbocycles. The van der Waals surface area contributed by atoms with Crippen LogP contribution in [0.25, 0.3) is 0 Å². The highest BCUT2D eigenvalue weighted by Crippen LogP contribution is 2.30. The van der Waals surface area contributed by atoms with Gasteiger partial charge in [0, 0.05) is 6.04 Å². The Morgan fingerprint density at radius 1 is 1.47 bits per heavy atom. The monoisotopic (exact) mass is 339 g/mol. The summed E-state index contributed by atoms with van der Waals surface area (Å²) in [7, 11) is -3.36. The first-order valence-corrected chi connectivity index (χ1v) is 8.78. The van der Waals surface area contributed by atoms with Crippen LogP contribution in [-0.4, -0.2) is 14.5 Å². The largest absolute Gasteiger partial charge is 0.250 e. The van der Waals surface area contributed by atoms with Gasteiger partial charge in [-0.05, 0) is 47.3 Å². The summed E-state index contributed by atoms with van der Waals surface area (Å²) < 4.78 is 28.3. The molecule has 1 atom stereocenters. The predicted molar refractivity (Wildman–Crippen MR) is 76.1 cm³/mol. The van der Waals surface area contributed by atoms with Crippen molar-refractivity contribution in [2.75, 3.05) is 0 Å². The number of nitrogens with one attached hydrogen (secondary N) is 1. The van der Waals surface area contributed by atoms with Gasteiger partial charge < -0.3 is 0 Å². The molecule has 0 aliphatic carbocycles. The molecule has 0 amide bonds. The van der Waals surface area contributed by atoms with Crippen molar-refractivity contribution in [3.05, 3.63) is 15.4 Å². The van der Waals surface area contributed by atoms with Crippen LogP contribution in [0.3, 0.4) is 0 Å². The van der Waals surface area contributed by atoms with Crippen molar-refractivity contribution in [3.63, 3.8) is 0 Å². The molecule has 0 spiro atoms. The Hall–Kier alpha value is 0.0900. The average molecular weight is 340 g/mol. The number of rotatable bonds is 6. The molecule has 6 heteroatoms. The standard InChI is InChI=1S/C11H18BrNO2S2/c1-4-6-9(5-2)13-17(14,15)10-7-8(3)11(12)16-10/h7,9,13H,4-6H2,1-3H3. The van der Waals surface area contributed by atoms with Crippen LogP contribution in [0.1, 0.15) is 38.7 Å². The van der Waals surface area contributed by atoms with Gasteiger partial charge in [0.05, 0.1) is 3.79 Å². The van der Waals surface area contributed by atoms with E-state index in [-0.39, 0.29) is 6.04 Å². The van der Waals surface area contributed by atoms with Crippen molar-refractivity contribution in [1.29, 1.82) is 0 Å². The van der Waals surface area contributed by atoms with Crippen molar-refractivity contribution in [1.82, 2.24) is 4.72 Å². The lowest BCUT2D eigenvalue weighted by atomic mass is 10.1. The van der Waals surface area contributed by atoms with Crippen LogP contribution in [0.2, 0.25) is 0 Å². The lowest BCUT2D eigenvalue weighted by Crippen LogP contribution is -2.33. The van der Waals surface area contributed by atoms with E-state index in [9.17, 15) is 8.42 Å². The first-order chi connectivity index (χ1) is 7.90. The maximum Gasteiger partial charge on any atom is 0.250 e. The summed E-state index contributed by atoms with van der Waals surface area (Å²) in [4.78, 5) is 0. The molecule has 3 nitrogen and oxygen atoms in total. The molecule has 17 heavy (non-hydrogen) atoms. The zero-order valence-corrected chi connectivity index (χ0v) is 13.5. The molecule has 0 saturated heterocycles. The van der Waals surface area contributed by atoms with Gasteiger partial charge in [-0.15, -0.1) is 11.3 Å². The van der Waals surface area contributed by atoms with Gasteiger partial charge in [0.15, 0.2) is 0 Å². The van der Waals surface area contributed by atoms with Gasteiger partial charge in [-0.25, -0.2) is 13.1 Å². The minimum Gasteiger partial charge on any atom is -0.207 e. The Morgan fingerprint density at radius 3 is 2.53 bits per heavy atom. The highest BCUT2D eigenvalue weighted by molar-refractivity contribution is 9.11. The molecule has 1 aromatic heterocycles. The quantitative estimate of drug-likeness (QED) is 0.859. The van der Waals surface area contributed by atoms with Gasteiger partial charge in [-0.2, -0.15) is 0 Å². The second kappa shape index (κ2) is 6.31. The Bertz CT molecular complexity index is 448. The molecule has 1 rings (SSSR count). The smallest absolute Gasteiger partial charge is 0.207 e. The van der Waals surface area contributed by atoms with Crippen molar-refractivity contribution in [2.45, 2.75) is 50.3 Å². The second-order valence-corrected chi connectivity index (χ2v) is 8.35. The molecule has 0 fully saturated rings. The van der Waals surface area contributed by atoms with E-state index in [1.165, 1.54) is 11.3 Å². The number of hydrogen-bond acceptors (Lipinski definition) is 3. The lowest BCUT2D eigenvalue weighted by Gasteiger charge is -2.15.